The molecule has 0 bridgehead atoms. The number of amides is 3. The van der Waals surface area contributed by atoms with Gasteiger partial charge in [-0.25, -0.2) is 0 Å². The molecule has 0 radical (unpaired) electrons. The number of carboxylic acids is 1. The third-order valence-corrected chi connectivity index (χ3v) is 7.47. The number of nitrogens with two attached hydrogens (primary N) is 1. The first-order chi connectivity index (χ1) is 19.2. The van der Waals surface area contributed by atoms with E-state index in [1.54, 1.807) is 12.1 Å². The first kappa shape index (κ1) is 28.9. The fraction of sp³-hybridized carbons (Fsp3) is 0.355. The summed E-state index contributed by atoms with van der Waals surface area (Å²) in [4.78, 5) is 52.8. The minimum Gasteiger partial charge on any atom is -0.481 e. The maximum atomic E-state index is 13.4. The summed E-state index contributed by atoms with van der Waals surface area (Å²) in [5.74, 6) is -4.05. The second-order valence-electron chi connectivity index (χ2n) is 10.4. The number of rotatable bonds is 13. The lowest BCUT2D eigenvalue weighted by Gasteiger charge is -2.25. The number of aliphatic hydroxyl groups excluding tert-OH is 1. The molecule has 3 atom stereocenters. The summed E-state index contributed by atoms with van der Waals surface area (Å²) in [5, 5.41) is 24.2. The van der Waals surface area contributed by atoms with Crippen LogP contribution in [-0.4, -0.2) is 64.5 Å². The highest BCUT2D eigenvalue weighted by Crippen LogP contribution is 2.29. The number of fused-ring (bicyclic) bond motifs is 2. The Bertz CT molecular complexity index is 1370. The van der Waals surface area contributed by atoms with Gasteiger partial charge in [0.15, 0.2) is 0 Å². The van der Waals surface area contributed by atoms with E-state index in [0.717, 1.165) is 26.8 Å². The molecule has 5 N–H and O–H groups in total. The van der Waals surface area contributed by atoms with Crippen LogP contribution >= 0.6 is 0 Å². The van der Waals surface area contributed by atoms with Crippen LogP contribution in [0, 0.1) is 18.8 Å². The average Bonchev–Trinajstić information content (AvgIpc) is 3.16. The molecule has 40 heavy (non-hydrogen) atoms. The Morgan fingerprint density at radius 1 is 0.925 bits per heavy atom. The molecule has 3 aromatic carbocycles. The van der Waals surface area contributed by atoms with Crippen molar-refractivity contribution in [2.75, 3.05) is 19.7 Å². The summed E-state index contributed by atoms with van der Waals surface area (Å²) in [6.07, 6.45) is 0.654. The van der Waals surface area contributed by atoms with Crippen molar-refractivity contribution in [2.24, 2.45) is 17.6 Å². The van der Waals surface area contributed by atoms with Crippen LogP contribution < -0.4 is 11.1 Å². The third-order valence-electron chi connectivity index (χ3n) is 7.47. The topological polar surface area (TPSA) is 150 Å². The molecular formula is C31H35N3O6. The van der Waals surface area contributed by atoms with Crippen molar-refractivity contribution in [3.8, 4) is 0 Å². The van der Waals surface area contributed by atoms with E-state index < -0.39 is 41.6 Å². The lowest BCUT2D eigenvalue weighted by atomic mass is 9.88. The van der Waals surface area contributed by atoms with Crippen LogP contribution in [0.15, 0.2) is 60.7 Å². The van der Waals surface area contributed by atoms with E-state index in [4.69, 9.17) is 5.73 Å². The highest BCUT2D eigenvalue weighted by molar-refractivity contribution is 6.23. The van der Waals surface area contributed by atoms with Crippen LogP contribution in [0.1, 0.15) is 51.1 Å². The molecular weight excluding hydrogens is 510 g/mol. The smallest absolute Gasteiger partial charge is 0.306 e. The predicted octanol–water partition coefficient (Wildman–Crippen LogP) is 2.91. The van der Waals surface area contributed by atoms with E-state index >= 15 is 0 Å². The van der Waals surface area contributed by atoms with Gasteiger partial charge in [-0.3, -0.25) is 24.1 Å². The van der Waals surface area contributed by atoms with Gasteiger partial charge in [-0.1, -0.05) is 54.1 Å². The van der Waals surface area contributed by atoms with Gasteiger partial charge in [0.25, 0.3) is 11.8 Å². The third kappa shape index (κ3) is 6.55. The lowest BCUT2D eigenvalue weighted by Crippen LogP contribution is -2.44. The van der Waals surface area contributed by atoms with Gasteiger partial charge in [-0.2, -0.15) is 0 Å². The van der Waals surface area contributed by atoms with Gasteiger partial charge in [-0.15, -0.1) is 0 Å². The van der Waals surface area contributed by atoms with Crippen molar-refractivity contribution in [3.05, 3.63) is 82.9 Å². The quantitative estimate of drug-likeness (QED) is 0.241. The van der Waals surface area contributed by atoms with Crippen molar-refractivity contribution in [3.63, 3.8) is 0 Å². The molecule has 1 unspecified atom stereocenters. The zero-order valence-electron chi connectivity index (χ0n) is 22.5. The Morgan fingerprint density at radius 2 is 1.57 bits per heavy atom. The molecule has 0 aliphatic carbocycles. The molecule has 3 amide bonds. The molecule has 0 saturated heterocycles. The second-order valence-corrected chi connectivity index (χ2v) is 10.4. The van der Waals surface area contributed by atoms with Gasteiger partial charge in [0, 0.05) is 12.5 Å². The van der Waals surface area contributed by atoms with Crippen LogP contribution in [0.5, 0.6) is 0 Å². The average molecular weight is 546 g/mol. The molecule has 0 aromatic heterocycles. The summed E-state index contributed by atoms with van der Waals surface area (Å²) in [6.45, 7) is 1.75. The van der Waals surface area contributed by atoms with E-state index in [2.05, 4.69) is 5.32 Å². The maximum Gasteiger partial charge on any atom is 0.306 e. The number of imide groups is 1. The van der Waals surface area contributed by atoms with Crippen molar-refractivity contribution < 1.29 is 29.4 Å². The molecule has 210 valence electrons. The number of hydrogen-bond acceptors (Lipinski definition) is 6. The Kier molecular flexibility index (Phi) is 9.29. The Balaban J connectivity index is 1.51. The molecule has 9 heteroatoms. The standard InChI is InChI=1S/C31H35N3O6/c1-19-5-4-6-20(13-19)14-25(18-35)33-28(36)23(15-24(9-11-32)31(39)40)10-12-34-29(37)26-16-21-7-2-3-8-22(21)17-27(26)30(34)38/h2-8,13,16-17,23-25,35H,9-12,14-15,18,32H2,1H3,(H,33,36)(H,39,40)/t23-,24?,25-/m0/s1. The van der Waals surface area contributed by atoms with E-state index in [9.17, 15) is 29.4 Å². The normalized spacial score (nSPS) is 15.1. The maximum absolute atomic E-state index is 13.4. The molecule has 3 aromatic rings. The first-order valence-electron chi connectivity index (χ1n) is 13.5. The van der Waals surface area contributed by atoms with E-state index in [1.807, 2.05) is 55.5 Å². The van der Waals surface area contributed by atoms with Gasteiger partial charge < -0.3 is 21.3 Å². The van der Waals surface area contributed by atoms with Gasteiger partial charge >= 0.3 is 5.97 Å². The minimum absolute atomic E-state index is 0.00594. The van der Waals surface area contributed by atoms with Gasteiger partial charge in [0.1, 0.15) is 0 Å². The Morgan fingerprint density at radius 3 is 2.12 bits per heavy atom. The van der Waals surface area contributed by atoms with Crippen molar-refractivity contribution in [1.29, 1.82) is 0 Å². The number of nitrogens with zero attached hydrogens (tertiary/aromatic N) is 1. The molecule has 0 spiro atoms. The lowest BCUT2D eigenvalue weighted by molar-refractivity contribution is -0.143. The van der Waals surface area contributed by atoms with E-state index in [1.165, 1.54) is 0 Å². The van der Waals surface area contributed by atoms with Gasteiger partial charge in [0.05, 0.1) is 29.7 Å². The van der Waals surface area contributed by atoms with Crippen molar-refractivity contribution in [2.45, 2.75) is 38.6 Å². The number of hydrogen-bond donors (Lipinski definition) is 4. The minimum atomic E-state index is -1.06. The van der Waals surface area contributed by atoms with Crippen LogP contribution in [0.25, 0.3) is 10.8 Å². The van der Waals surface area contributed by atoms with Crippen LogP contribution in [-0.2, 0) is 16.0 Å². The molecule has 0 saturated carbocycles. The number of carbonyl (C=O) groups is 4. The zero-order valence-corrected chi connectivity index (χ0v) is 22.5. The number of carbonyl (C=O) groups excluding carboxylic acids is 3. The van der Waals surface area contributed by atoms with E-state index in [-0.39, 0.29) is 39.0 Å². The fourth-order valence-corrected chi connectivity index (χ4v) is 5.31. The molecule has 1 aliphatic heterocycles. The van der Waals surface area contributed by atoms with Crippen LogP contribution in [0.3, 0.4) is 0 Å². The van der Waals surface area contributed by atoms with E-state index in [0.29, 0.717) is 17.5 Å². The largest absolute Gasteiger partial charge is 0.481 e. The van der Waals surface area contributed by atoms with Crippen molar-refractivity contribution >= 4 is 34.5 Å². The molecule has 1 heterocycles. The van der Waals surface area contributed by atoms with Crippen molar-refractivity contribution in [1.82, 2.24) is 10.2 Å². The summed E-state index contributed by atoms with van der Waals surface area (Å²) in [5.41, 5.74) is 8.25. The SMILES string of the molecule is Cc1cccc(C[C@@H](CO)NC(=O)[C@@H](CCN2C(=O)c3cc4ccccc4cc3C2=O)CC(CCN)C(=O)O)c1. The first-order valence-corrected chi connectivity index (χ1v) is 13.5. The molecule has 0 fully saturated rings. The predicted molar refractivity (Wildman–Crippen MR) is 151 cm³/mol. The van der Waals surface area contributed by atoms with Gasteiger partial charge in [0.2, 0.25) is 5.91 Å². The number of aliphatic carboxylic acids is 1. The summed E-state index contributed by atoms with van der Waals surface area (Å²) >= 11 is 0. The summed E-state index contributed by atoms with van der Waals surface area (Å²) in [6, 6.07) is 18.0. The van der Waals surface area contributed by atoms with Crippen LogP contribution in [0.2, 0.25) is 0 Å². The van der Waals surface area contributed by atoms with Crippen LogP contribution in [0.4, 0.5) is 0 Å². The number of carboxylic acid groups (broad SMARTS) is 1. The molecule has 1 aliphatic rings. The Hall–Kier alpha value is -4.08. The zero-order chi connectivity index (χ0) is 28.8. The summed E-state index contributed by atoms with van der Waals surface area (Å²) in [7, 11) is 0. The summed E-state index contributed by atoms with van der Waals surface area (Å²) < 4.78 is 0. The number of benzene rings is 3. The number of aliphatic hydroxyl groups is 1. The monoisotopic (exact) mass is 545 g/mol. The molecule has 9 nitrogen and oxygen atoms in total. The van der Waals surface area contributed by atoms with Gasteiger partial charge in [-0.05, 0) is 67.6 Å². The second kappa shape index (κ2) is 12.8. The molecule has 4 rings (SSSR count). The Labute approximate surface area is 233 Å². The fourth-order valence-electron chi connectivity index (χ4n) is 5.31. The highest BCUT2D eigenvalue weighted by atomic mass is 16.4. The number of aryl methyl sites for hydroxylation is 1. The highest BCUT2D eigenvalue weighted by Gasteiger charge is 2.37. The number of nitrogens with one attached hydrogen (secondary N) is 1.